The van der Waals surface area contributed by atoms with E-state index in [1.807, 2.05) is 12.4 Å². The van der Waals surface area contributed by atoms with E-state index < -0.39 is 0 Å². The summed E-state index contributed by atoms with van der Waals surface area (Å²) >= 11 is 0. The Labute approximate surface area is 199 Å². The summed E-state index contributed by atoms with van der Waals surface area (Å²) in [5.74, 6) is 1.13. The number of nitrogens with zero attached hydrogens (tertiary/aromatic N) is 5. The summed E-state index contributed by atoms with van der Waals surface area (Å²) in [6.07, 6.45) is 11.9. The topological polar surface area (TPSA) is 37.2 Å². The molecule has 1 aliphatic heterocycles. The van der Waals surface area contributed by atoms with E-state index in [1.165, 1.54) is 41.6 Å². The van der Waals surface area contributed by atoms with Gasteiger partial charge >= 0.3 is 0 Å². The Kier molecular flexibility index (Phi) is 7.18. The second-order valence-electron chi connectivity index (χ2n) is 9.79. The van der Waals surface area contributed by atoms with Crippen molar-refractivity contribution < 1.29 is 0 Å². The SMILES string of the molecule is C=CC1(c2ccncc2N(C)Cc2nc3ccc(C)cc3n2CCCCC)CCN(C)CC1. The molecule has 0 unspecified atom stereocenters. The third-order valence-electron chi connectivity index (χ3n) is 7.36. The van der Waals surface area contributed by atoms with Crippen LogP contribution < -0.4 is 4.90 Å². The third kappa shape index (κ3) is 4.84. The predicted molar refractivity (Wildman–Crippen MR) is 139 cm³/mol. The number of anilines is 1. The number of fused-ring (bicyclic) bond motifs is 1. The van der Waals surface area contributed by atoms with Crippen LogP contribution in [0, 0.1) is 6.92 Å². The fourth-order valence-corrected chi connectivity index (χ4v) is 5.18. The van der Waals surface area contributed by atoms with Crippen LogP contribution in [0.3, 0.4) is 0 Å². The molecule has 0 aliphatic carbocycles. The number of hydrogen-bond acceptors (Lipinski definition) is 4. The summed E-state index contributed by atoms with van der Waals surface area (Å²) in [6.45, 7) is 12.6. The van der Waals surface area contributed by atoms with Crippen molar-refractivity contribution in [3.8, 4) is 0 Å². The van der Waals surface area contributed by atoms with E-state index in [2.05, 4.69) is 84.2 Å². The zero-order valence-corrected chi connectivity index (χ0v) is 20.8. The summed E-state index contributed by atoms with van der Waals surface area (Å²) in [6, 6.07) is 8.79. The number of unbranched alkanes of at least 4 members (excludes halogenated alkanes) is 2. The first-order valence-corrected chi connectivity index (χ1v) is 12.4. The second kappa shape index (κ2) is 10.1. The maximum absolute atomic E-state index is 5.06. The van der Waals surface area contributed by atoms with Crippen LogP contribution in [0.5, 0.6) is 0 Å². The summed E-state index contributed by atoms with van der Waals surface area (Å²) in [5.41, 5.74) is 6.14. The van der Waals surface area contributed by atoms with Crippen LogP contribution in [-0.4, -0.2) is 46.6 Å². The van der Waals surface area contributed by atoms with Crippen LogP contribution in [0.1, 0.15) is 56.0 Å². The molecule has 0 atom stereocenters. The number of pyridine rings is 1. The number of benzene rings is 1. The van der Waals surface area contributed by atoms with Crippen molar-refractivity contribution in [1.82, 2.24) is 19.4 Å². The predicted octanol–water partition coefficient (Wildman–Crippen LogP) is 5.72. The molecule has 3 aromatic rings. The Morgan fingerprint density at radius 3 is 2.70 bits per heavy atom. The fraction of sp³-hybridized carbons (Fsp3) is 0.500. The normalized spacial score (nSPS) is 16.2. The van der Waals surface area contributed by atoms with Crippen LogP contribution in [0.4, 0.5) is 5.69 Å². The number of likely N-dealkylation sites (tertiary alicyclic amines) is 1. The zero-order valence-electron chi connectivity index (χ0n) is 20.8. The smallest absolute Gasteiger partial charge is 0.129 e. The van der Waals surface area contributed by atoms with Crippen molar-refractivity contribution in [2.24, 2.45) is 0 Å². The number of allylic oxidation sites excluding steroid dienone is 1. The maximum atomic E-state index is 5.06. The van der Waals surface area contributed by atoms with Gasteiger partial charge in [0.15, 0.2) is 0 Å². The number of aromatic nitrogens is 3. The number of aryl methyl sites for hydroxylation is 2. The highest BCUT2D eigenvalue weighted by molar-refractivity contribution is 5.77. The third-order valence-corrected chi connectivity index (χ3v) is 7.36. The minimum absolute atomic E-state index is 0.00256. The van der Waals surface area contributed by atoms with Crippen molar-refractivity contribution >= 4 is 16.7 Å². The Morgan fingerprint density at radius 1 is 1.18 bits per heavy atom. The lowest BCUT2D eigenvalue weighted by Crippen LogP contribution is -2.40. The van der Waals surface area contributed by atoms with Crippen molar-refractivity contribution in [2.75, 3.05) is 32.1 Å². The monoisotopic (exact) mass is 445 g/mol. The molecule has 0 spiro atoms. The molecule has 0 N–H and O–H groups in total. The van der Waals surface area contributed by atoms with Crippen LogP contribution in [0.2, 0.25) is 0 Å². The summed E-state index contributed by atoms with van der Waals surface area (Å²) < 4.78 is 2.43. The number of imidazole rings is 1. The molecule has 4 rings (SSSR count). The van der Waals surface area contributed by atoms with Gasteiger partial charge in [-0.3, -0.25) is 4.98 Å². The summed E-state index contributed by atoms with van der Waals surface area (Å²) in [5, 5.41) is 0. The molecule has 0 saturated carbocycles. The molecule has 5 nitrogen and oxygen atoms in total. The van der Waals surface area contributed by atoms with Gasteiger partial charge in [-0.15, -0.1) is 6.58 Å². The molecule has 3 heterocycles. The van der Waals surface area contributed by atoms with Crippen LogP contribution in [0.25, 0.3) is 11.0 Å². The van der Waals surface area contributed by atoms with Gasteiger partial charge in [0.05, 0.1) is 29.5 Å². The first kappa shape index (κ1) is 23.5. The molecular formula is C28H39N5. The lowest BCUT2D eigenvalue weighted by molar-refractivity contribution is 0.218. The van der Waals surface area contributed by atoms with Crippen molar-refractivity contribution in [3.63, 3.8) is 0 Å². The van der Waals surface area contributed by atoms with Gasteiger partial charge in [-0.05, 0) is 75.6 Å². The van der Waals surface area contributed by atoms with Gasteiger partial charge in [-0.25, -0.2) is 4.98 Å². The van der Waals surface area contributed by atoms with E-state index in [9.17, 15) is 0 Å². The molecule has 176 valence electrons. The highest BCUT2D eigenvalue weighted by Gasteiger charge is 2.35. The maximum Gasteiger partial charge on any atom is 0.129 e. The molecule has 2 aromatic heterocycles. The first-order chi connectivity index (χ1) is 16.0. The highest BCUT2D eigenvalue weighted by atomic mass is 15.2. The van der Waals surface area contributed by atoms with Crippen LogP contribution in [0.15, 0.2) is 49.3 Å². The van der Waals surface area contributed by atoms with Crippen LogP contribution in [-0.2, 0) is 18.5 Å². The lowest BCUT2D eigenvalue weighted by atomic mass is 9.72. The Balaban J connectivity index is 1.67. The minimum Gasteiger partial charge on any atom is -0.366 e. The molecule has 5 heteroatoms. The average Bonchev–Trinajstić information content (AvgIpc) is 3.16. The molecule has 1 saturated heterocycles. The molecule has 0 bridgehead atoms. The highest BCUT2D eigenvalue weighted by Crippen LogP contribution is 2.41. The molecular weight excluding hydrogens is 406 g/mol. The average molecular weight is 446 g/mol. The van der Waals surface area contributed by atoms with E-state index in [-0.39, 0.29) is 5.41 Å². The van der Waals surface area contributed by atoms with Crippen LogP contribution >= 0.6 is 0 Å². The van der Waals surface area contributed by atoms with E-state index in [4.69, 9.17) is 4.98 Å². The van der Waals surface area contributed by atoms with Crippen molar-refractivity contribution in [2.45, 2.75) is 64.5 Å². The summed E-state index contributed by atoms with van der Waals surface area (Å²) in [4.78, 5) is 14.3. The minimum atomic E-state index is -0.00256. The van der Waals surface area contributed by atoms with Gasteiger partial charge in [0, 0.05) is 25.2 Å². The van der Waals surface area contributed by atoms with Gasteiger partial charge < -0.3 is 14.4 Å². The lowest BCUT2D eigenvalue weighted by Gasteiger charge is -2.40. The fourth-order valence-electron chi connectivity index (χ4n) is 5.18. The number of hydrogen-bond donors (Lipinski definition) is 0. The Morgan fingerprint density at radius 2 is 1.97 bits per heavy atom. The second-order valence-corrected chi connectivity index (χ2v) is 9.79. The molecule has 0 radical (unpaired) electrons. The van der Waals surface area contributed by atoms with Crippen molar-refractivity contribution in [3.05, 3.63) is 66.3 Å². The Hall–Kier alpha value is -2.66. The Bertz CT molecular complexity index is 1090. The largest absolute Gasteiger partial charge is 0.366 e. The van der Waals surface area contributed by atoms with Gasteiger partial charge in [-0.2, -0.15) is 0 Å². The molecule has 1 fully saturated rings. The molecule has 1 aliphatic rings. The van der Waals surface area contributed by atoms with Gasteiger partial charge in [-0.1, -0.05) is 31.9 Å². The standard InChI is InChI=1S/C28H39N5/c1-6-8-9-16-33-25-19-22(3)10-11-24(25)30-27(33)21-32(5)26-20-29-15-12-23(26)28(7-2)13-17-31(4)18-14-28/h7,10-12,15,19-20H,2,6,8-9,13-14,16-18,21H2,1,3-5H3. The van der Waals surface area contributed by atoms with Gasteiger partial charge in [0.1, 0.15) is 5.82 Å². The molecule has 1 aromatic carbocycles. The quantitative estimate of drug-likeness (QED) is 0.312. The van der Waals surface area contributed by atoms with E-state index in [0.29, 0.717) is 0 Å². The number of piperidine rings is 1. The van der Waals surface area contributed by atoms with E-state index in [1.54, 1.807) is 0 Å². The molecule has 33 heavy (non-hydrogen) atoms. The first-order valence-electron chi connectivity index (χ1n) is 12.4. The van der Waals surface area contributed by atoms with Crippen molar-refractivity contribution in [1.29, 1.82) is 0 Å². The van der Waals surface area contributed by atoms with E-state index in [0.717, 1.165) is 50.4 Å². The molecule has 0 amide bonds. The summed E-state index contributed by atoms with van der Waals surface area (Å²) in [7, 11) is 4.38. The van der Waals surface area contributed by atoms with Gasteiger partial charge in [0.2, 0.25) is 0 Å². The number of rotatable bonds is 9. The van der Waals surface area contributed by atoms with Gasteiger partial charge in [0.25, 0.3) is 0 Å². The van der Waals surface area contributed by atoms with E-state index >= 15 is 0 Å². The zero-order chi connectivity index (χ0) is 23.4.